The molecular formula is C29H30N4O4S. The second-order valence-corrected chi connectivity index (χ2v) is 11.3. The van der Waals surface area contributed by atoms with E-state index in [1.54, 1.807) is 38.1 Å². The zero-order chi connectivity index (χ0) is 27.0. The number of piperazine rings is 1. The van der Waals surface area contributed by atoms with Gasteiger partial charge in [-0.05, 0) is 68.3 Å². The monoisotopic (exact) mass is 530 g/mol. The quantitative estimate of drug-likeness (QED) is 0.362. The molecule has 0 atom stereocenters. The number of carboxylic acid groups (broad SMARTS) is 1. The van der Waals surface area contributed by atoms with E-state index in [2.05, 4.69) is 26.7 Å². The van der Waals surface area contributed by atoms with Crippen molar-refractivity contribution in [2.75, 3.05) is 40.7 Å². The number of anilines is 3. The van der Waals surface area contributed by atoms with E-state index in [1.165, 1.54) is 0 Å². The molecule has 1 saturated heterocycles. The highest BCUT2D eigenvalue weighted by atomic mass is 32.2. The minimum atomic E-state index is -3.88. The molecule has 38 heavy (non-hydrogen) atoms. The normalized spacial score (nSPS) is 14.1. The number of aromatic carboxylic acids is 1. The average Bonchev–Trinajstić information content (AvgIpc) is 2.87. The number of pyridine rings is 1. The zero-order valence-electron chi connectivity index (χ0n) is 21.6. The Hall–Kier alpha value is -4.11. The van der Waals surface area contributed by atoms with Gasteiger partial charge in [0.2, 0.25) is 0 Å². The number of para-hydroxylation sites is 1. The fraction of sp³-hybridized carbons (Fsp3) is 0.241. The SMILES string of the molecule is Cc1cc(C)c(S(=O)(=O)Nc2ccc3nc(N4CCN(c5ccccc5)CC4)cc(C(=O)O)c3c2)c(C)c1. The lowest BCUT2D eigenvalue weighted by Crippen LogP contribution is -2.46. The lowest BCUT2D eigenvalue weighted by molar-refractivity contribution is 0.0699. The van der Waals surface area contributed by atoms with Gasteiger partial charge in [-0.3, -0.25) is 4.72 Å². The smallest absolute Gasteiger partial charge is 0.336 e. The van der Waals surface area contributed by atoms with Crippen molar-refractivity contribution < 1.29 is 18.3 Å². The van der Waals surface area contributed by atoms with Gasteiger partial charge in [-0.2, -0.15) is 0 Å². The van der Waals surface area contributed by atoms with Crippen molar-refractivity contribution in [1.29, 1.82) is 0 Å². The molecule has 0 saturated carbocycles. The van der Waals surface area contributed by atoms with Gasteiger partial charge in [-0.1, -0.05) is 35.9 Å². The molecular weight excluding hydrogens is 500 g/mol. The van der Waals surface area contributed by atoms with Gasteiger partial charge in [0, 0.05) is 42.9 Å². The third-order valence-corrected chi connectivity index (χ3v) is 8.56. The molecule has 5 rings (SSSR count). The van der Waals surface area contributed by atoms with Crippen LogP contribution in [-0.2, 0) is 10.0 Å². The predicted octanol–water partition coefficient (Wildman–Crippen LogP) is 4.99. The number of nitrogens with zero attached hydrogens (tertiary/aromatic N) is 3. The molecule has 0 spiro atoms. The molecule has 2 N–H and O–H groups in total. The van der Waals surface area contributed by atoms with E-state index in [1.807, 2.05) is 37.3 Å². The summed E-state index contributed by atoms with van der Waals surface area (Å²) >= 11 is 0. The third-order valence-electron chi connectivity index (χ3n) is 6.88. The largest absolute Gasteiger partial charge is 0.478 e. The summed E-state index contributed by atoms with van der Waals surface area (Å²) in [6.07, 6.45) is 0. The third kappa shape index (κ3) is 5.02. The number of rotatable bonds is 6. The summed E-state index contributed by atoms with van der Waals surface area (Å²) in [6.45, 7) is 8.46. The lowest BCUT2D eigenvalue weighted by Gasteiger charge is -2.37. The molecule has 4 aromatic rings. The summed E-state index contributed by atoms with van der Waals surface area (Å²) in [5.41, 5.74) is 4.32. The fourth-order valence-corrected chi connectivity index (χ4v) is 6.75. The summed E-state index contributed by atoms with van der Waals surface area (Å²) in [6, 6.07) is 20.3. The molecule has 0 amide bonds. The molecule has 8 nitrogen and oxygen atoms in total. The van der Waals surface area contributed by atoms with Gasteiger partial charge >= 0.3 is 5.97 Å². The highest BCUT2D eigenvalue weighted by Gasteiger charge is 2.23. The second-order valence-electron chi connectivity index (χ2n) is 9.71. The van der Waals surface area contributed by atoms with Crippen molar-refractivity contribution in [3.05, 3.63) is 89.0 Å². The Bertz CT molecular complexity index is 1610. The lowest BCUT2D eigenvalue weighted by atomic mass is 10.1. The van der Waals surface area contributed by atoms with Crippen LogP contribution in [-0.4, -0.2) is 50.7 Å². The first-order chi connectivity index (χ1) is 18.1. The molecule has 1 fully saturated rings. The van der Waals surface area contributed by atoms with E-state index in [-0.39, 0.29) is 16.1 Å². The van der Waals surface area contributed by atoms with Crippen LogP contribution >= 0.6 is 0 Å². The molecule has 9 heteroatoms. The van der Waals surface area contributed by atoms with Gasteiger partial charge < -0.3 is 14.9 Å². The van der Waals surface area contributed by atoms with Gasteiger partial charge in [0.05, 0.1) is 16.0 Å². The number of sulfonamides is 1. The minimum Gasteiger partial charge on any atom is -0.478 e. The molecule has 1 aromatic heterocycles. The predicted molar refractivity (Wildman–Crippen MR) is 151 cm³/mol. The molecule has 0 aliphatic carbocycles. The van der Waals surface area contributed by atoms with E-state index in [9.17, 15) is 18.3 Å². The first-order valence-electron chi connectivity index (χ1n) is 12.5. The van der Waals surface area contributed by atoms with Gasteiger partial charge in [0.15, 0.2) is 0 Å². The highest BCUT2D eigenvalue weighted by molar-refractivity contribution is 7.92. The summed E-state index contributed by atoms with van der Waals surface area (Å²) in [5.74, 6) is -0.492. The zero-order valence-corrected chi connectivity index (χ0v) is 22.4. The van der Waals surface area contributed by atoms with E-state index in [0.717, 1.165) is 24.3 Å². The van der Waals surface area contributed by atoms with Crippen LogP contribution in [0.4, 0.5) is 17.2 Å². The maximum Gasteiger partial charge on any atom is 0.336 e. The van der Waals surface area contributed by atoms with Crippen LogP contribution in [0.25, 0.3) is 10.9 Å². The van der Waals surface area contributed by atoms with Gasteiger partial charge in [-0.25, -0.2) is 18.2 Å². The van der Waals surface area contributed by atoms with Crippen LogP contribution in [0.2, 0.25) is 0 Å². The molecule has 0 unspecified atom stereocenters. The van der Waals surface area contributed by atoms with Crippen molar-refractivity contribution in [2.45, 2.75) is 25.7 Å². The number of aromatic nitrogens is 1. The van der Waals surface area contributed by atoms with Crippen molar-refractivity contribution in [2.24, 2.45) is 0 Å². The number of benzene rings is 3. The molecule has 0 radical (unpaired) electrons. The fourth-order valence-electron chi connectivity index (χ4n) is 5.24. The van der Waals surface area contributed by atoms with Crippen LogP contribution in [0, 0.1) is 20.8 Å². The maximum absolute atomic E-state index is 13.2. The summed E-state index contributed by atoms with van der Waals surface area (Å²) in [5, 5.41) is 10.4. The number of hydrogen-bond donors (Lipinski definition) is 2. The second kappa shape index (κ2) is 9.98. The summed E-state index contributed by atoms with van der Waals surface area (Å²) in [7, 11) is -3.88. The van der Waals surface area contributed by atoms with Crippen molar-refractivity contribution in [1.82, 2.24) is 4.98 Å². The van der Waals surface area contributed by atoms with Crippen LogP contribution in [0.5, 0.6) is 0 Å². The molecule has 2 heterocycles. The molecule has 0 bridgehead atoms. The van der Waals surface area contributed by atoms with E-state index < -0.39 is 16.0 Å². The molecule has 196 valence electrons. The number of aryl methyl sites for hydroxylation is 3. The number of fused-ring (bicyclic) bond motifs is 1. The van der Waals surface area contributed by atoms with Gasteiger partial charge in [-0.15, -0.1) is 0 Å². The first-order valence-corrected chi connectivity index (χ1v) is 13.9. The maximum atomic E-state index is 13.2. The van der Waals surface area contributed by atoms with Crippen LogP contribution < -0.4 is 14.5 Å². The Kier molecular flexibility index (Phi) is 6.71. The van der Waals surface area contributed by atoms with Crippen LogP contribution in [0.3, 0.4) is 0 Å². The molecule has 1 aliphatic heterocycles. The van der Waals surface area contributed by atoms with Gasteiger partial charge in [0.1, 0.15) is 5.82 Å². The van der Waals surface area contributed by atoms with Crippen molar-refractivity contribution >= 4 is 44.1 Å². The van der Waals surface area contributed by atoms with E-state index >= 15 is 0 Å². The molecule has 3 aromatic carbocycles. The van der Waals surface area contributed by atoms with Gasteiger partial charge in [0.25, 0.3) is 10.0 Å². The first kappa shape index (κ1) is 25.5. The van der Waals surface area contributed by atoms with Crippen molar-refractivity contribution in [3.63, 3.8) is 0 Å². The topological polar surface area (TPSA) is 103 Å². The van der Waals surface area contributed by atoms with Crippen LogP contribution in [0.15, 0.2) is 71.6 Å². The standard InChI is InChI=1S/C29H30N4O4S/c1-19-15-20(2)28(21(3)16-19)38(36,37)31-22-9-10-26-24(17-22)25(29(34)35)18-27(30-26)33-13-11-32(12-14-33)23-7-5-4-6-8-23/h4-10,15-18,31H,11-14H2,1-3H3,(H,34,35). The number of hydrogen-bond acceptors (Lipinski definition) is 6. The number of carboxylic acids is 1. The van der Waals surface area contributed by atoms with E-state index in [4.69, 9.17) is 4.98 Å². The van der Waals surface area contributed by atoms with Crippen LogP contribution in [0.1, 0.15) is 27.0 Å². The summed E-state index contributed by atoms with van der Waals surface area (Å²) < 4.78 is 29.1. The Morgan fingerprint density at radius 1 is 0.868 bits per heavy atom. The minimum absolute atomic E-state index is 0.0826. The van der Waals surface area contributed by atoms with E-state index in [0.29, 0.717) is 40.9 Å². The summed E-state index contributed by atoms with van der Waals surface area (Å²) in [4.78, 5) is 21.6. The number of nitrogens with one attached hydrogen (secondary N) is 1. The Morgan fingerprint density at radius 3 is 2.13 bits per heavy atom. The molecule has 1 aliphatic rings. The highest BCUT2D eigenvalue weighted by Crippen LogP contribution is 2.29. The van der Waals surface area contributed by atoms with Crippen molar-refractivity contribution in [3.8, 4) is 0 Å². The number of carbonyl (C=O) groups is 1. The Balaban J connectivity index is 1.43. The average molecular weight is 531 g/mol. The Labute approximate surface area is 222 Å². The Morgan fingerprint density at radius 2 is 1.50 bits per heavy atom.